The minimum atomic E-state index is -1.75. The first-order valence-corrected chi connectivity index (χ1v) is 5.26. The first kappa shape index (κ1) is 23.0. The molecule has 0 amide bonds. The van der Waals surface area contributed by atoms with Gasteiger partial charge in [0.25, 0.3) is 5.09 Å². The third-order valence-electron chi connectivity index (χ3n) is 1.75. The van der Waals surface area contributed by atoms with E-state index in [0.29, 0.717) is 6.00 Å². The molecule has 11 heteroatoms. The van der Waals surface area contributed by atoms with Gasteiger partial charge in [-0.15, -0.1) is 10.1 Å². The predicted molar refractivity (Wildman–Crippen MR) is 75.0 cm³/mol. The van der Waals surface area contributed by atoms with Crippen LogP contribution in [0.15, 0.2) is 30.3 Å². The summed E-state index contributed by atoms with van der Waals surface area (Å²) in [6, 6.07) is 10.8. The molecule has 4 N–H and O–H groups in total. The van der Waals surface area contributed by atoms with Crippen molar-refractivity contribution in [2.45, 2.75) is 0 Å². The fourth-order valence-corrected chi connectivity index (χ4v) is 1.04. The molecular formula is C9H17ClN4O6. The number of hydrogen-bond donors (Lipinski definition) is 2. The zero-order valence-electron chi connectivity index (χ0n) is 11.0. The van der Waals surface area contributed by atoms with Gasteiger partial charge in [-0.1, -0.05) is 29.8 Å². The molecular weight excluding hydrogens is 296 g/mol. The zero-order valence-corrected chi connectivity index (χ0v) is 11.8. The molecule has 0 radical (unpaired) electrons. The molecule has 0 atom stereocenters. The van der Waals surface area contributed by atoms with Gasteiger partial charge in [-0.2, -0.15) is 0 Å². The highest BCUT2D eigenvalue weighted by Gasteiger charge is 2.15. The smallest absolute Gasteiger partial charge is 0.291 e. The fraction of sp³-hybridized carbons (Fsp3) is 0.333. The largest absolute Gasteiger partial charge is 0.356 e. The third kappa shape index (κ3) is 15.8. The Kier molecular flexibility index (Phi) is 13.7. The molecule has 0 spiro atoms. The standard InChI is InChI=1S/C9H13ClN.HNO3.NO3.H3N/c1-11(2,8-10)9-6-4-3-5-7-9;2*2-1(3)4;/h3-7H,8H2,1-2H3;(H,2,3,4);;1H3/q+1;;-1;. The predicted octanol–water partition coefficient (Wildman–Crippen LogP) is 2.02. The summed E-state index contributed by atoms with van der Waals surface area (Å²) in [5, 5.41) is 28.4. The lowest BCUT2D eigenvalue weighted by Crippen LogP contribution is -2.38. The van der Waals surface area contributed by atoms with Gasteiger partial charge < -0.3 is 26.7 Å². The van der Waals surface area contributed by atoms with Crippen LogP contribution in [0.25, 0.3) is 0 Å². The second-order valence-electron chi connectivity index (χ2n) is 3.60. The molecule has 116 valence electrons. The maximum absolute atomic E-state index is 8.36. The lowest BCUT2D eigenvalue weighted by atomic mass is 10.3. The van der Waals surface area contributed by atoms with Gasteiger partial charge in [-0.05, 0) is 12.1 Å². The molecule has 0 heterocycles. The Bertz CT molecular complexity index is 369. The molecule has 0 saturated carbocycles. The van der Waals surface area contributed by atoms with E-state index in [9.17, 15) is 0 Å². The summed E-state index contributed by atoms with van der Waals surface area (Å²) in [4.78, 5) is 16.6. The summed E-state index contributed by atoms with van der Waals surface area (Å²) >= 11 is 5.80. The Hall–Kier alpha value is -2.17. The number of halogens is 1. The minimum Gasteiger partial charge on any atom is -0.356 e. The number of benzene rings is 1. The second kappa shape index (κ2) is 11.9. The van der Waals surface area contributed by atoms with E-state index in [2.05, 4.69) is 26.2 Å². The molecule has 1 aromatic rings. The van der Waals surface area contributed by atoms with Crippen LogP contribution in [0.2, 0.25) is 0 Å². The van der Waals surface area contributed by atoms with Gasteiger partial charge in [0.1, 0.15) is 5.69 Å². The molecule has 0 aromatic heterocycles. The van der Waals surface area contributed by atoms with E-state index in [1.807, 2.05) is 18.2 Å². The van der Waals surface area contributed by atoms with Crippen LogP contribution in [0.4, 0.5) is 5.69 Å². The Balaban J connectivity index is -0.000000272. The number of nitrogens with zero attached hydrogens (tertiary/aromatic N) is 3. The molecule has 10 nitrogen and oxygen atoms in total. The third-order valence-corrected chi connectivity index (χ3v) is 2.35. The number of para-hydroxylation sites is 1. The van der Waals surface area contributed by atoms with Crippen LogP contribution >= 0.6 is 11.6 Å². The van der Waals surface area contributed by atoms with E-state index < -0.39 is 10.2 Å². The first-order valence-electron chi connectivity index (χ1n) is 4.73. The summed E-state index contributed by atoms with van der Waals surface area (Å²) in [5.74, 6) is 0. The lowest BCUT2D eigenvalue weighted by molar-refractivity contribution is -0.742. The highest BCUT2D eigenvalue weighted by molar-refractivity contribution is 6.18. The van der Waals surface area contributed by atoms with Crippen molar-refractivity contribution in [3.05, 3.63) is 55.8 Å². The van der Waals surface area contributed by atoms with Crippen LogP contribution in [0.3, 0.4) is 0 Å². The molecule has 1 rings (SSSR count). The van der Waals surface area contributed by atoms with Gasteiger partial charge in [-0.25, -0.2) is 0 Å². The van der Waals surface area contributed by atoms with Crippen molar-refractivity contribution >= 4 is 17.3 Å². The SMILES string of the molecule is C[N+](C)(CCl)c1ccccc1.N.O=[N+]([O-])O.O=[N+]([O-])[O-]. The summed E-state index contributed by atoms with van der Waals surface area (Å²) in [5.41, 5.74) is 1.24. The average molecular weight is 313 g/mol. The van der Waals surface area contributed by atoms with Crippen LogP contribution in [0, 0.1) is 25.4 Å². The normalized spacial score (nSPS) is 8.75. The van der Waals surface area contributed by atoms with Crippen molar-refractivity contribution in [2.24, 2.45) is 0 Å². The quantitative estimate of drug-likeness (QED) is 0.277. The summed E-state index contributed by atoms with van der Waals surface area (Å²) in [6.07, 6.45) is 0. The molecule has 1 aromatic carbocycles. The molecule has 0 aliphatic rings. The highest BCUT2D eigenvalue weighted by atomic mass is 35.5. The summed E-state index contributed by atoms with van der Waals surface area (Å²) < 4.78 is 0.725. The molecule has 0 fully saturated rings. The molecule has 0 bridgehead atoms. The fourth-order valence-electron chi connectivity index (χ4n) is 0.901. The van der Waals surface area contributed by atoms with Crippen molar-refractivity contribution in [2.75, 3.05) is 20.1 Å². The molecule has 0 aliphatic heterocycles. The molecule has 0 saturated heterocycles. The van der Waals surface area contributed by atoms with E-state index in [1.54, 1.807) is 0 Å². The zero-order chi connectivity index (χ0) is 15.5. The second-order valence-corrected chi connectivity index (χ2v) is 3.84. The minimum absolute atomic E-state index is 0. The molecule has 20 heavy (non-hydrogen) atoms. The van der Waals surface area contributed by atoms with Gasteiger partial charge in [0.15, 0.2) is 6.00 Å². The van der Waals surface area contributed by atoms with E-state index in [0.717, 1.165) is 4.48 Å². The van der Waals surface area contributed by atoms with E-state index in [1.165, 1.54) is 5.69 Å². The number of quaternary nitrogens is 1. The Morgan fingerprint density at radius 1 is 1.15 bits per heavy atom. The summed E-state index contributed by atoms with van der Waals surface area (Å²) in [6.45, 7) is 0. The van der Waals surface area contributed by atoms with Crippen LogP contribution in [0.5, 0.6) is 0 Å². The van der Waals surface area contributed by atoms with Gasteiger partial charge in [0.2, 0.25) is 0 Å². The van der Waals surface area contributed by atoms with Crippen LogP contribution in [-0.4, -0.2) is 35.5 Å². The average Bonchev–Trinajstić information content (AvgIpc) is 2.29. The molecule has 0 aliphatic carbocycles. The van der Waals surface area contributed by atoms with E-state index in [4.69, 9.17) is 42.2 Å². The Morgan fingerprint density at radius 3 is 1.70 bits per heavy atom. The van der Waals surface area contributed by atoms with Gasteiger partial charge >= 0.3 is 0 Å². The first-order chi connectivity index (χ1) is 8.63. The maximum Gasteiger partial charge on any atom is 0.291 e. The van der Waals surface area contributed by atoms with Crippen LogP contribution in [0.1, 0.15) is 0 Å². The monoisotopic (exact) mass is 312 g/mol. The van der Waals surface area contributed by atoms with Crippen molar-refractivity contribution < 1.29 is 15.4 Å². The Morgan fingerprint density at radius 2 is 1.45 bits per heavy atom. The van der Waals surface area contributed by atoms with E-state index in [-0.39, 0.29) is 6.15 Å². The number of rotatable bonds is 2. The topological polar surface area (TPSA) is 165 Å². The van der Waals surface area contributed by atoms with Crippen LogP contribution < -0.4 is 10.6 Å². The summed E-state index contributed by atoms with van der Waals surface area (Å²) in [7, 11) is 4.17. The van der Waals surface area contributed by atoms with Gasteiger partial charge in [0.05, 0.1) is 19.2 Å². The maximum atomic E-state index is 8.36. The van der Waals surface area contributed by atoms with E-state index >= 15 is 0 Å². The van der Waals surface area contributed by atoms with Crippen LogP contribution in [-0.2, 0) is 0 Å². The van der Waals surface area contributed by atoms with Crippen molar-refractivity contribution in [1.82, 2.24) is 10.6 Å². The molecule has 0 unspecified atom stereocenters. The van der Waals surface area contributed by atoms with Crippen molar-refractivity contribution in [3.63, 3.8) is 0 Å². The number of alkyl halides is 1. The van der Waals surface area contributed by atoms with Crippen molar-refractivity contribution in [3.8, 4) is 0 Å². The van der Waals surface area contributed by atoms with Gasteiger partial charge in [-0.3, -0.25) is 4.48 Å². The Labute approximate surface area is 120 Å². The van der Waals surface area contributed by atoms with Gasteiger partial charge in [0, 0.05) is 0 Å². The lowest BCUT2D eigenvalue weighted by Gasteiger charge is -2.25. The highest BCUT2D eigenvalue weighted by Crippen LogP contribution is 2.17. The van der Waals surface area contributed by atoms with Crippen molar-refractivity contribution in [1.29, 1.82) is 0 Å². The number of hydrogen-bond acceptors (Lipinski definition) is 6.